The summed E-state index contributed by atoms with van der Waals surface area (Å²) in [4.78, 5) is 8.71. The highest BCUT2D eigenvalue weighted by Crippen LogP contribution is 2.28. The van der Waals surface area contributed by atoms with E-state index in [-0.39, 0.29) is 0 Å². The van der Waals surface area contributed by atoms with Crippen LogP contribution in [-0.2, 0) is 0 Å². The van der Waals surface area contributed by atoms with Crippen LogP contribution >= 0.6 is 0 Å². The number of aromatic nitrogens is 2. The summed E-state index contributed by atoms with van der Waals surface area (Å²) in [6.07, 6.45) is 1.60. The van der Waals surface area contributed by atoms with E-state index in [9.17, 15) is 0 Å². The van der Waals surface area contributed by atoms with E-state index in [0.717, 1.165) is 23.7 Å². The van der Waals surface area contributed by atoms with Crippen LogP contribution in [0, 0.1) is 0 Å². The summed E-state index contributed by atoms with van der Waals surface area (Å²) >= 11 is 0. The minimum Gasteiger partial charge on any atom is -0.373 e. The summed E-state index contributed by atoms with van der Waals surface area (Å²) in [6.45, 7) is 7.39. The van der Waals surface area contributed by atoms with Crippen LogP contribution in [-0.4, -0.2) is 23.6 Å². The van der Waals surface area contributed by atoms with Crippen molar-refractivity contribution in [1.82, 2.24) is 9.97 Å². The Morgan fingerprint density at radius 3 is 2.29 bits per heavy atom. The SMILES string of the molecule is CNc1ncnc(NCC(C)c2ccccc2)c1C(C)C. The number of hydrogen-bond donors (Lipinski definition) is 2. The van der Waals surface area contributed by atoms with E-state index in [1.165, 1.54) is 5.56 Å². The normalized spacial score (nSPS) is 12.2. The molecule has 21 heavy (non-hydrogen) atoms. The molecule has 4 heteroatoms. The van der Waals surface area contributed by atoms with Gasteiger partial charge in [0.2, 0.25) is 0 Å². The minimum absolute atomic E-state index is 0.364. The number of benzene rings is 1. The average molecular weight is 284 g/mol. The fourth-order valence-corrected chi connectivity index (χ4v) is 2.43. The predicted molar refractivity (Wildman–Crippen MR) is 89.0 cm³/mol. The maximum absolute atomic E-state index is 4.41. The molecule has 0 saturated heterocycles. The van der Waals surface area contributed by atoms with Gasteiger partial charge in [0.05, 0.1) is 0 Å². The van der Waals surface area contributed by atoms with Gasteiger partial charge in [-0.15, -0.1) is 0 Å². The monoisotopic (exact) mass is 284 g/mol. The summed E-state index contributed by atoms with van der Waals surface area (Å²) in [6, 6.07) is 10.5. The van der Waals surface area contributed by atoms with Gasteiger partial charge in [0.1, 0.15) is 18.0 Å². The zero-order chi connectivity index (χ0) is 15.2. The Labute approximate surface area is 127 Å². The first-order valence-electron chi connectivity index (χ1n) is 7.45. The van der Waals surface area contributed by atoms with Crippen molar-refractivity contribution in [2.75, 3.05) is 24.2 Å². The third kappa shape index (κ3) is 3.72. The van der Waals surface area contributed by atoms with Gasteiger partial charge < -0.3 is 10.6 Å². The lowest BCUT2D eigenvalue weighted by atomic mass is 10.0. The molecule has 112 valence electrons. The molecule has 1 aromatic heterocycles. The van der Waals surface area contributed by atoms with E-state index in [2.05, 4.69) is 65.6 Å². The van der Waals surface area contributed by atoms with Crippen LogP contribution in [0.3, 0.4) is 0 Å². The van der Waals surface area contributed by atoms with Crippen LogP contribution in [0.4, 0.5) is 11.6 Å². The highest BCUT2D eigenvalue weighted by Gasteiger charge is 2.14. The Morgan fingerprint density at radius 2 is 1.67 bits per heavy atom. The standard InChI is InChI=1S/C17H24N4/c1-12(2)15-16(18-4)20-11-21-17(15)19-10-13(3)14-8-6-5-7-9-14/h5-9,11-13H,10H2,1-4H3,(H2,18,19,20,21). The van der Waals surface area contributed by atoms with Gasteiger partial charge in [-0.25, -0.2) is 9.97 Å². The molecule has 4 nitrogen and oxygen atoms in total. The smallest absolute Gasteiger partial charge is 0.135 e. The van der Waals surface area contributed by atoms with E-state index in [1.54, 1.807) is 6.33 Å². The topological polar surface area (TPSA) is 49.8 Å². The predicted octanol–water partition coefficient (Wildman–Crippen LogP) is 3.86. The molecule has 0 aliphatic heterocycles. The lowest BCUT2D eigenvalue weighted by molar-refractivity contribution is 0.789. The zero-order valence-electron chi connectivity index (χ0n) is 13.2. The molecule has 2 N–H and O–H groups in total. The Morgan fingerprint density at radius 1 is 1.00 bits per heavy atom. The second-order valence-corrected chi connectivity index (χ2v) is 5.58. The lowest BCUT2D eigenvalue weighted by Gasteiger charge is -2.19. The van der Waals surface area contributed by atoms with E-state index in [1.807, 2.05) is 13.1 Å². The Hall–Kier alpha value is -2.10. The van der Waals surface area contributed by atoms with Gasteiger partial charge in [-0.3, -0.25) is 0 Å². The van der Waals surface area contributed by atoms with Gasteiger partial charge in [0.15, 0.2) is 0 Å². The number of nitrogens with one attached hydrogen (secondary N) is 2. The van der Waals surface area contributed by atoms with Crippen LogP contribution in [0.25, 0.3) is 0 Å². The molecule has 0 spiro atoms. The van der Waals surface area contributed by atoms with Crippen molar-refractivity contribution >= 4 is 11.6 Å². The van der Waals surface area contributed by atoms with Gasteiger partial charge in [-0.05, 0) is 17.4 Å². The van der Waals surface area contributed by atoms with Crippen LogP contribution < -0.4 is 10.6 Å². The molecule has 0 aliphatic rings. The molecule has 1 aromatic carbocycles. The first kappa shape index (κ1) is 15.3. The number of rotatable bonds is 6. The number of anilines is 2. The average Bonchev–Trinajstić information content (AvgIpc) is 2.52. The third-order valence-electron chi connectivity index (χ3n) is 3.64. The maximum atomic E-state index is 4.41. The summed E-state index contributed by atoms with van der Waals surface area (Å²) in [5.41, 5.74) is 2.47. The van der Waals surface area contributed by atoms with Crippen molar-refractivity contribution in [3.05, 3.63) is 47.8 Å². The van der Waals surface area contributed by atoms with Crippen molar-refractivity contribution in [3.8, 4) is 0 Å². The molecule has 0 aliphatic carbocycles. The summed E-state index contributed by atoms with van der Waals surface area (Å²) in [5, 5.41) is 6.62. The molecule has 0 radical (unpaired) electrons. The Balaban J connectivity index is 2.13. The zero-order valence-corrected chi connectivity index (χ0v) is 13.2. The Kier molecular flexibility index (Phi) is 5.14. The third-order valence-corrected chi connectivity index (χ3v) is 3.64. The van der Waals surface area contributed by atoms with E-state index < -0.39 is 0 Å². The minimum atomic E-state index is 0.364. The van der Waals surface area contributed by atoms with E-state index >= 15 is 0 Å². The largest absolute Gasteiger partial charge is 0.373 e. The van der Waals surface area contributed by atoms with Gasteiger partial charge in [-0.2, -0.15) is 0 Å². The molecule has 0 fully saturated rings. The molecule has 0 saturated carbocycles. The Bertz CT molecular complexity index is 566. The maximum Gasteiger partial charge on any atom is 0.135 e. The second kappa shape index (κ2) is 7.07. The van der Waals surface area contributed by atoms with Crippen molar-refractivity contribution in [2.24, 2.45) is 0 Å². The quantitative estimate of drug-likeness (QED) is 0.845. The molecule has 1 heterocycles. The van der Waals surface area contributed by atoms with Gasteiger partial charge in [-0.1, -0.05) is 51.1 Å². The van der Waals surface area contributed by atoms with Crippen LogP contribution in [0.1, 0.15) is 43.7 Å². The van der Waals surface area contributed by atoms with Crippen molar-refractivity contribution in [1.29, 1.82) is 0 Å². The highest BCUT2D eigenvalue weighted by atomic mass is 15.1. The molecule has 0 amide bonds. The van der Waals surface area contributed by atoms with E-state index in [4.69, 9.17) is 0 Å². The summed E-state index contributed by atoms with van der Waals surface area (Å²) < 4.78 is 0. The lowest BCUT2D eigenvalue weighted by Crippen LogP contribution is -2.14. The first-order chi connectivity index (χ1) is 10.1. The fourth-order valence-electron chi connectivity index (χ4n) is 2.43. The van der Waals surface area contributed by atoms with Gasteiger partial charge >= 0.3 is 0 Å². The van der Waals surface area contributed by atoms with Gasteiger partial charge in [0, 0.05) is 19.2 Å². The number of hydrogen-bond acceptors (Lipinski definition) is 4. The molecule has 1 unspecified atom stereocenters. The first-order valence-corrected chi connectivity index (χ1v) is 7.45. The fraction of sp³-hybridized carbons (Fsp3) is 0.412. The van der Waals surface area contributed by atoms with Crippen molar-refractivity contribution in [3.63, 3.8) is 0 Å². The summed E-state index contributed by atoms with van der Waals surface area (Å²) in [7, 11) is 1.89. The second-order valence-electron chi connectivity index (χ2n) is 5.58. The van der Waals surface area contributed by atoms with Crippen LogP contribution in [0.2, 0.25) is 0 Å². The molecule has 2 aromatic rings. The van der Waals surface area contributed by atoms with Crippen molar-refractivity contribution in [2.45, 2.75) is 32.6 Å². The van der Waals surface area contributed by atoms with Crippen LogP contribution in [0.5, 0.6) is 0 Å². The molecular formula is C17H24N4. The molecule has 1 atom stereocenters. The van der Waals surface area contributed by atoms with Crippen LogP contribution in [0.15, 0.2) is 36.7 Å². The van der Waals surface area contributed by atoms with Crippen molar-refractivity contribution < 1.29 is 0 Å². The summed E-state index contributed by atoms with van der Waals surface area (Å²) in [5.74, 6) is 2.62. The van der Waals surface area contributed by atoms with E-state index in [0.29, 0.717) is 11.8 Å². The molecular weight excluding hydrogens is 260 g/mol. The van der Waals surface area contributed by atoms with Gasteiger partial charge in [0.25, 0.3) is 0 Å². The molecule has 2 rings (SSSR count). The highest BCUT2D eigenvalue weighted by molar-refractivity contribution is 5.58. The molecule has 0 bridgehead atoms. The number of nitrogens with zero attached hydrogens (tertiary/aromatic N) is 2.